The number of fused-ring (bicyclic) bond motifs is 1. The van der Waals surface area contributed by atoms with Gasteiger partial charge in [-0.2, -0.15) is 0 Å². The molecule has 1 atom stereocenters. The van der Waals surface area contributed by atoms with Crippen molar-refractivity contribution in [1.29, 1.82) is 0 Å². The van der Waals surface area contributed by atoms with Gasteiger partial charge in [-0.25, -0.2) is 4.79 Å². The minimum Gasteiger partial charge on any atom is -0.444 e. The standard InChI is InChI=1S/C21H27Cl2N5O2/c1-12(10-24-20(29)30-21(3,4)5)18-11-28(27-26-18)7-6-15-13(2)25-17-9-14(22)8-16(23)19(15)17/h8-9,11-12,25H,6-7,10H2,1-5H3,(H,24,29). The minimum absolute atomic E-state index is 0.0117. The van der Waals surface area contributed by atoms with Crippen LogP contribution in [-0.2, 0) is 17.7 Å². The summed E-state index contributed by atoms with van der Waals surface area (Å²) in [5, 5.41) is 13.5. The van der Waals surface area contributed by atoms with Crippen LogP contribution in [0.1, 0.15) is 50.6 Å². The highest BCUT2D eigenvalue weighted by Crippen LogP contribution is 2.32. The van der Waals surface area contributed by atoms with Crippen LogP contribution in [0.5, 0.6) is 0 Å². The molecule has 3 aromatic rings. The zero-order chi connectivity index (χ0) is 22.1. The topological polar surface area (TPSA) is 84.8 Å². The van der Waals surface area contributed by atoms with Gasteiger partial charge >= 0.3 is 6.09 Å². The van der Waals surface area contributed by atoms with Crippen molar-refractivity contribution in [3.05, 3.63) is 45.3 Å². The first-order chi connectivity index (χ1) is 14.0. The van der Waals surface area contributed by atoms with Crippen molar-refractivity contribution in [2.24, 2.45) is 0 Å². The Morgan fingerprint density at radius 1 is 1.33 bits per heavy atom. The highest BCUT2D eigenvalue weighted by molar-refractivity contribution is 6.38. The Balaban J connectivity index is 1.62. The van der Waals surface area contributed by atoms with Gasteiger partial charge in [0.15, 0.2) is 0 Å². The molecule has 0 aliphatic carbocycles. The van der Waals surface area contributed by atoms with Gasteiger partial charge < -0.3 is 15.0 Å². The molecule has 2 N–H and O–H groups in total. The molecule has 0 spiro atoms. The molecule has 1 amide bonds. The number of H-pyrrole nitrogens is 1. The van der Waals surface area contributed by atoms with Crippen molar-refractivity contribution in [2.45, 2.75) is 59.1 Å². The Morgan fingerprint density at radius 3 is 2.77 bits per heavy atom. The van der Waals surface area contributed by atoms with Gasteiger partial charge in [-0.05, 0) is 51.8 Å². The number of aryl methyl sites for hydroxylation is 3. The molecule has 2 aromatic heterocycles. The Labute approximate surface area is 186 Å². The average Bonchev–Trinajstić information content (AvgIpc) is 3.20. The fourth-order valence-corrected chi connectivity index (χ4v) is 3.89. The number of carbonyl (C=O) groups is 1. The molecule has 3 rings (SSSR count). The van der Waals surface area contributed by atoms with Crippen LogP contribution < -0.4 is 5.32 Å². The van der Waals surface area contributed by atoms with Crippen LogP contribution in [0.4, 0.5) is 4.79 Å². The van der Waals surface area contributed by atoms with E-state index in [1.54, 1.807) is 10.7 Å². The van der Waals surface area contributed by atoms with E-state index < -0.39 is 11.7 Å². The largest absolute Gasteiger partial charge is 0.444 e. The summed E-state index contributed by atoms with van der Waals surface area (Å²) in [5.74, 6) is 0.0117. The monoisotopic (exact) mass is 451 g/mol. The van der Waals surface area contributed by atoms with Gasteiger partial charge in [0.05, 0.1) is 10.7 Å². The van der Waals surface area contributed by atoms with Crippen molar-refractivity contribution < 1.29 is 9.53 Å². The molecule has 30 heavy (non-hydrogen) atoms. The van der Waals surface area contributed by atoms with E-state index in [4.69, 9.17) is 27.9 Å². The number of alkyl carbamates (subject to hydrolysis) is 1. The molecule has 0 saturated carbocycles. The fraction of sp³-hybridized carbons (Fsp3) is 0.476. The van der Waals surface area contributed by atoms with Crippen molar-refractivity contribution in [2.75, 3.05) is 6.54 Å². The SMILES string of the molecule is Cc1[nH]c2cc(Cl)cc(Cl)c2c1CCn1cc(C(C)CNC(=O)OC(C)(C)C)nn1. The summed E-state index contributed by atoms with van der Waals surface area (Å²) in [6.45, 7) is 10.6. The second-order valence-corrected chi connectivity index (χ2v) is 9.32. The number of rotatable bonds is 6. The molecule has 2 heterocycles. The van der Waals surface area contributed by atoms with Crippen molar-refractivity contribution >= 4 is 40.2 Å². The molecule has 162 valence electrons. The predicted molar refractivity (Wildman–Crippen MR) is 119 cm³/mol. The summed E-state index contributed by atoms with van der Waals surface area (Å²) in [4.78, 5) is 15.2. The van der Waals surface area contributed by atoms with E-state index in [2.05, 4.69) is 20.6 Å². The normalized spacial score (nSPS) is 12.9. The smallest absolute Gasteiger partial charge is 0.407 e. The maximum atomic E-state index is 11.8. The third-order valence-corrected chi connectivity index (χ3v) is 5.25. The lowest BCUT2D eigenvalue weighted by Gasteiger charge is -2.20. The van der Waals surface area contributed by atoms with Gasteiger partial charge in [-0.1, -0.05) is 35.3 Å². The van der Waals surface area contributed by atoms with Crippen LogP contribution in [0.15, 0.2) is 18.3 Å². The first kappa shape index (κ1) is 22.4. The zero-order valence-corrected chi connectivity index (χ0v) is 19.4. The number of ether oxygens (including phenoxy) is 1. The number of hydrogen-bond donors (Lipinski definition) is 2. The Kier molecular flexibility index (Phi) is 6.62. The van der Waals surface area contributed by atoms with E-state index in [1.165, 1.54) is 0 Å². The van der Waals surface area contributed by atoms with Crippen LogP contribution in [0.3, 0.4) is 0 Å². The van der Waals surface area contributed by atoms with E-state index in [1.807, 2.05) is 46.9 Å². The summed E-state index contributed by atoms with van der Waals surface area (Å²) >= 11 is 12.5. The molecule has 9 heteroatoms. The van der Waals surface area contributed by atoms with E-state index in [9.17, 15) is 4.79 Å². The Bertz CT molecular complexity index is 1050. The highest BCUT2D eigenvalue weighted by atomic mass is 35.5. The Hall–Kier alpha value is -2.25. The van der Waals surface area contributed by atoms with E-state index in [0.717, 1.165) is 34.3 Å². The number of hydrogen-bond acceptors (Lipinski definition) is 4. The third kappa shape index (κ3) is 5.46. The van der Waals surface area contributed by atoms with Gasteiger partial charge in [0.1, 0.15) is 5.60 Å². The quantitative estimate of drug-likeness (QED) is 0.535. The lowest BCUT2D eigenvalue weighted by atomic mass is 10.1. The second kappa shape index (κ2) is 8.86. The number of nitrogens with zero attached hydrogens (tertiary/aromatic N) is 3. The minimum atomic E-state index is -0.523. The van der Waals surface area contributed by atoms with Crippen molar-refractivity contribution in [1.82, 2.24) is 25.3 Å². The van der Waals surface area contributed by atoms with Crippen LogP contribution >= 0.6 is 23.2 Å². The number of carbonyl (C=O) groups excluding carboxylic acids is 1. The summed E-state index contributed by atoms with van der Waals surface area (Å²) in [6.07, 6.45) is 2.22. The summed E-state index contributed by atoms with van der Waals surface area (Å²) in [6, 6.07) is 3.64. The lowest BCUT2D eigenvalue weighted by Crippen LogP contribution is -2.34. The number of amides is 1. The number of aromatic amines is 1. The van der Waals surface area contributed by atoms with Crippen LogP contribution in [0, 0.1) is 6.92 Å². The van der Waals surface area contributed by atoms with Gasteiger partial charge in [0.25, 0.3) is 0 Å². The summed E-state index contributed by atoms with van der Waals surface area (Å²) in [5.41, 5.74) is 3.42. The number of benzene rings is 1. The molecule has 0 fully saturated rings. The van der Waals surface area contributed by atoms with Crippen LogP contribution in [-0.4, -0.2) is 38.2 Å². The van der Waals surface area contributed by atoms with Crippen molar-refractivity contribution in [3.8, 4) is 0 Å². The van der Waals surface area contributed by atoms with Crippen molar-refractivity contribution in [3.63, 3.8) is 0 Å². The van der Waals surface area contributed by atoms with Gasteiger partial charge in [0, 0.05) is 46.8 Å². The molecular formula is C21H27Cl2N5O2. The second-order valence-electron chi connectivity index (χ2n) is 8.48. The molecule has 0 bridgehead atoms. The van der Waals surface area contributed by atoms with E-state index in [-0.39, 0.29) is 5.92 Å². The first-order valence-electron chi connectivity index (χ1n) is 9.86. The number of aromatic nitrogens is 4. The molecule has 0 radical (unpaired) electrons. The lowest BCUT2D eigenvalue weighted by molar-refractivity contribution is 0.0525. The number of nitrogens with one attached hydrogen (secondary N) is 2. The van der Waals surface area contributed by atoms with E-state index in [0.29, 0.717) is 23.1 Å². The molecule has 0 saturated heterocycles. The van der Waals surface area contributed by atoms with Crippen LogP contribution in [0.2, 0.25) is 10.0 Å². The molecule has 7 nitrogen and oxygen atoms in total. The molecule has 1 unspecified atom stereocenters. The molecular weight excluding hydrogens is 425 g/mol. The maximum Gasteiger partial charge on any atom is 0.407 e. The molecule has 0 aliphatic rings. The fourth-order valence-electron chi connectivity index (χ4n) is 3.29. The van der Waals surface area contributed by atoms with Gasteiger partial charge in [-0.3, -0.25) is 4.68 Å². The summed E-state index contributed by atoms with van der Waals surface area (Å²) in [7, 11) is 0. The number of halogens is 2. The molecule has 1 aromatic carbocycles. The average molecular weight is 452 g/mol. The maximum absolute atomic E-state index is 11.8. The van der Waals surface area contributed by atoms with Gasteiger partial charge in [0.2, 0.25) is 0 Å². The van der Waals surface area contributed by atoms with E-state index >= 15 is 0 Å². The Morgan fingerprint density at radius 2 is 2.07 bits per heavy atom. The molecule has 0 aliphatic heterocycles. The van der Waals surface area contributed by atoms with Crippen LogP contribution in [0.25, 0.3) is 10.9 Å². The zero-order valence-electron chi connectivity index (χ0n) is 17.8. The third-order valence-electron chi connectivity index (χ3n) is 4.74. The highest BCUT2D eigenvalue weighted by Gasteiger charge is 2.18. The summed E-state index contributed by atoms with van der Waals surface area (Å²) < 4.78 is 7.07. The predicted octanol–water partition coefficient (Wildman–Crippen LogP) is 5.25. The van der Waals surface area contributed by atoms with Gasteiger partial charge in [-0.15, -0.1) is 5.10 Å². The first-order valence-corrected chi connectivity index (χ1v) is 10.6.